The van der Waals surface area contributed by atoms with Gasteiger partial charge in [0.25, 0.3) is 5.91 Å². The van der Waals surface area contributed by atoms with Gasteiger partial charge in [0, 0.05) is 29.3 Å². The topological polar surface area (TPSA) is 68.5 Å². The highest BCUT2D eigenvalue weighted by Gasteiger charge is 2.30. The third-order valence-corrected chi connectivity index (χ3v) is 4.70. The van der Waals surface area contributed by atoms with Crippen LogP contribution in [0.1, 0.15) is 30.1 Å². The van der Waals surface area contributed by atoms with Crippen LogP contribution in [0.15, 0.2) is 47.1 Å². The average Bonchev–Trinajstić information content (AvgIpc) is 2.55. The summed E-state index contributed by atoms with van der Waals surface area (Å²) in [6.45, 7) is 3.33. The van der Waals surface area contributed by atoms with Gasteiger partial charge in [-0.1, -0.05) is 22.0 Å². The fourth-order valence-electron chi connectivity index (χ4n) is 2.67. The summed E-state index contributed by atoms with van der Waals surface area (Å²) < 4.78 is 6.73. The van der Waals surface area contributed by atoms with Crippen LogP contribution in [0.3, 0.4) is 0 Å². The Hall–Kier alpha value is -1.92. The first-order valence-electron chi connectivity index (χ1n) is 7.91. The Morgan fingerprint density at radius 1 is 1.29 bits per heavy atom. The zero-order valence-electron chi connectivity index (χ0n) is 13.5. The molecule has 0 bridgehead atoms. The van der Waals surface area contributed by atoms with Crippen LogP contribution in [0, 0.1) is 0 Å². The van der Waals surface area contributed by atoms with Crippen LogP contribution in [0.4, 0.5) is 0 Å². The summed E-state index contributed by atoms with van der Waals surface area (Å²) in [7, 11) is 0. The van der Waals surface area contributed by atoms with Crippen molar-refractivity contribution < 1.29 is 9.53 Å². The minimum atomic E-state index is -0.193. The number of halogens is 1. The number of nitrogens with zero attached hydrogens (tertiary/aromatic N) is 2. The number of likely N-dealkylation sites (tertiary alicyclic amines) is 1. The van der Waals surface area contributed by atoms with Gasteiger partial charge in [0.15, 0.2) is 0 Å². The molecule has 2 aromatic rings. The van der Waals surface area contributed by atoms with Crippen molar-refractivity contribution in [1.29, 1.82) is 0 Å². The van der Waals surface area contributed by atoms with E-state index in [9.17, 15) is 4.79 Å². The maximum absolute atomic E-state index is 12.8. The lowest BCUT2D eigenvalue weighted by Gasteiger charge is -2.36. The SMILES string of the molecule is CC1(N)CCN(C(=O)c2cccnc2Oc2cccc(Br)c2)CC1. The monoisotopic (exact) mass is 389 g/mol. The molecule has 0 unspecified atom stereocenters. The first kappa shape index (κ1) is 16.9. The van der Waals surface area contributed by atoms with Crippen molar-refractivity contribution in [2.75, 3.05) is 13.1 Å². The smallest absolute Gasteiger partial charge is 0.259 e. The van der Waals surface area contributed by atoms with Crippen LogP contribution < -0.4 is 10.5 Å². The number of carbonyl (C=O) groups excluding carboxylic acids is 1. The van der Waals surface area contributed by atoms with Crippen molar-refractivity contribution in [2.45, 2.75) is 25.3 Å². The van der Waals surface area contributed by atoms with Crippen molar-refractivity contribution in [2.24, 2.45) is 5.73 Å². The van der Waals surface area contributed by atoms with Gasteiger partial charge in [-0.2, -0.15) is 0 Å². The minimum Gasteiger partial charge on any atom is -0.438 e. The number of rotatable bonds is 3. The Labute approximate surface area is 149 Å². The lowest BCUT2D eigenvalue weighted by molar-refractivity contribution is 0.0678. The molecule has 0 radical (unpaired) electrons. The molecule has 1 aliphatic rings. The van der Waals surface area contributed by atoms with E-state index in [1.54, 1.807) is 18.3 Å². The molecular formula is C18H20BrN3O2. The second-order valence-corrected chi connectivity index (χ2v) is 7.28. The highest BCUT2D eigenvalue weighted by Crippen LogP contribution is 2.27. The number of pyridine rings is 1. The Balaban J connectivity index is 1.80. The van der Waals surface area contributed by atoms with Gasteiger partial charge in [-0.3, -0.25) is 4.79 Å². The van der Waals surface area contributed by atoms with E-state index in [2.05, 4.69) is 20.9 Å². The highest BCUT2D eigenvalue weighted by atomic mass is 79.9. The second-order valence-electron chi connectivity index (χ2n) is 6.36. The summed E-state index contributed by atoms with van der Waals surface area (Å²) in [5.41, 5.74) is 6.42. The average molecular weight is 390 g/mol. The Bertz CT molecular complexity index is 739. The molecule has 2 N–H and O–H groups in total. The van der Waals surface area contributed by atoms with Gasteiger partial charge in [0.2, 0.25) is 5.88 Å². The van der Waals surface area contributed by atoms with Gasteiger partial charge in [0.1, 0.15) is 11.3 Å². The zero-order chi connectivity index (χ0) is 17.2. The Kier molecular flexibility index (Phi) is 4.87. The van der Waals surface area contributed by atoms with E-state index >= 15 is 0 Å². The zero-order valence-corrected chi connectivity index (χ0v) is 15.1. The maximum Gasteiger partial charge on any atom is 0.259 e. The van der Waals surface area contributed by atoms with Crippen molar-refractivity contribution >= 4 is 21.8 Å². The predicted molar refractivity (Wildman–Crippen MR) is 96.2 cm³/mol. The van der Waals surface area contributed by atoms with Gasteiger partial charge in [-0.25, -0.2) is 4.98 Å². The molecule has 0 aliphatic carbocycles. The molecule has 6 heteroatoms. The van der Waals surface area contributed by atoms with E-state index in [-0.39, 0.29) is 11.4 Å². The number of hydrogen-bond donors (Lipinski definition) is 1. The Morgan fingerprint density at radius 3 is 2.75 bits per heavy atom. The molecule has 3 rings (SSSR count). The highest BCUT2D eigenvalue weighted by molar-refractivity contribution is 9.10. The quantitative estimate of drug-likeness (QED) is 0.870. The normalized spacial score (nSPS) is 16.7. The van der Waals surface area contributed by atoms with Crippen LogP contribution in [-0.4, -0.2) is 34.4 Å². The fourth-order valence-corrected chi connectivity index (χ4v) is 3.05. The van der Waals surface area contributed by atoms with Crippen molar-refractivity contribution in [3.63, 3.8) is 0 Å². The molecular weight excluding hydrogens is 370 g/mol. The van der Waals surface area contributed by atoms with Crippen molar-refractivity contribution in [3.05, 3.63) is 52.6 Å². The van der Waals surface area contributed by atoms with E-state index in [1.807, 2.05) is 36.1 Å². The summed E-state index contributed by atoms with van der Waals surface area (Å²) >= 11 is 3.41. The van der Waals surface area contributed by atoms with E-state index < -0.39 is 0 Å². The van der Waals surface area contributed by atoms with Crippen LogP contribution in [-0.2, 0) is 0 Å². The van der Waals surface area contributed by atoms with Gasteiger partial charge in [-0.15, -0.1) is 0 Å². The van der Waals surface area contributed by atoms with E-state index in [1.165, 1.54) is 0 Å². The number of amides is 1. The lowest BCUT2D eigenvalue weighted by Crippen LogP contribution is -2.49. The first-order valence-corrected chi connectivity index (χ1v) is 8.70. The molecule has 24 heavy (non-hydrogen) atoms. The molecule has 5 nitrogen and oxygen atoms in total. The molecule has 0 saturated carbocycles. The van der Waals surface area contributed by atoms with Crippen LogP contribution in [0.5, 0.6) is 11.6 Å². The van der Waals surface area contributed by atoms with Gasteiger partial charge in [0.05, 0.1) is 0 Å². The molecule has 2 heterocycles. The molecule has 1 amide bonds. The van der Waals surface area contributed by atoms with Crippen LogP contribution in [0.25, 0.3) is 0 Å². The summed E-state index contributed by atoms with van der Waals surface area (Å²) in [4.78, 5) is 18.9. The lowest BCUT2D eigenvalue weighted by atomic mass is 9.91. The van der Waals surface area contributed by atoms with E-state index in [4.69, 9.17) is 10.5 Å². The molecule has 0 spiro atoms. The van der Waals surface area contributed by atoms with E-state index in [0.29, 0.717) is 30.3 Å². The summed E-state index contributed by atoms with van der Waals surface area (Å²) in [5.74, 6) is 0.885. The number of piperidine rings is 1. The number of nitrogens with two attached hydrogens (primary N) is 1. The molecule has 1 aromatic heterocycles. The number of aromatic nitrogens is 1. The molecule has 0 atom stereocenters. The second kappa shape index (κ2) is 6.91. The molecule has 1 aliphatic heterocycles. The summed E-state index contributed by atoms with van der Waals surface area (Å²) in [5, 5.41) is 0. The number of carbonyl (C=O) groups is 1. The maximum atomic E-state index is 12.8. The minimum absolute atomic E-state index is 0.0661. The molecule has 1 fully saturated rings. The van der Waals surface area contributed by atoms with Gasteiger partial charge >= 0.3 is 0 Å². The van der Waals surface area contributed by atoms with Gasteiger partial charge in [-0.05, 0) is 50.1 Å². The number of benzene rings is 1. The fraction of sp³-hybridized carbons (Fsp3) is 0.333. The van der Waals surface area contributed by atoms with Crippen LogP contribution in [0.2, 0.25) is 0 Å². The predicted octanol–water partition coefficient (Wildman–Crippen LogP) is 3.59. The molecule has 126 valence electrons. The third kappa shape index (κ3) is 3.94. The first-order chi connectivity index (χ1) is 11.4. The van der Waals surface area contributed by atoms with Crippen molar-refractivity contribution in [1.82, 2.24) is 9.88 Å². The number of ether oxygens (including phenoxy) is 1. The third-order valence-electron chi connectivity index (χ3n) is 4.21. The Morgan fingerprint density at radius 2 is 2.04 bits per heavy atom. The van der Waals surface area contributed by atoms with Crippen LogP contribution >= 0.6 is 15.9 Å². The largest absolute Gasteiger partial charge is 0.438 e. The summed E-state index contributed by atoms with van der Waals surface area (Å²) in [6.07, 6.45) is 3.21. The van der Waals surface area contributed by atoms with Crippen molar-refractivity contribution in [3.8, 4) is 11.6 Å². The molecule has 1 aromatic carbocycles. The number of hydrogen-bond acceptors (Lipinski definition) is 4. The summed E-state index contributed by atoms with van der Waals surface area (Å²) in [6, 6.07) is 10.9. The standard InChI is InChI=1S/C18H20BrN3O2/c1-18(20)7-10-22(11-8-18)17(23)15-6-3-9-21-16(15)24-14-5-2-4-13(19)12-14/h2-6,9,12H,7-8,10-11,20H2,1H3. The van der Waals surface area contributed by atoms with E-state index in [0.717, 1.165) is 17.3 Å². The molecule has 1 saturated heterocycles. The van der Waals surface area contributed by atoms with Gasteiger partial charge < -0.3 is 15.4 Å².